The summed E-state index contributed by atoms with van der Waals surface area (Å²) in [5.41, 5.74) is 0.881. The molecule has 0 bridgehead atoms. The number of carbonyl (C=O) groups excluding carboxylic acids is 1. The first-order valence-electron chi connectivity index (χ1n) is 6.02. The van der Waals surface area contributed by atoms with Crippen LogP contribution in [-0.4, -0.2) is 19.2 Å². The molecule has 0 saturated carbocycles. The number of carbonyl (C=O) groups is 1. The van der Waals surface area contributed by atoms with Gasteiger partial charge < -0.3 is 9.47 Å². The molecule has 0 amide bonds. The zero-order valence-electron chi connectivity index (χ0n) is 10.7. The summed E-state index contributed by atoms with van der Waals surface area (Å²) in [6.45, 7) is 4.19. The van der Waals surface area contributed by atoms with Crippen LogP contribution in [0.3, 0.4) is 0 Å². The molecule has 0 fully saturated rings. The zero-order chi connectivity index (χ0) is 12.7. The van der Waals surface area contributed by atoms with Crippen molar-refractivity contribution in [2.24, 2.45) is 0 Å². The molecule has 0 atom stereocenters. The Morgan fingerprint density at radius 2 is 1.88 bits per heavy atom. The lowest BCUT2D eigenvalue weighted by Gasteiger charge is -2.18. The minimum Gasteiger partial charge on any atom is -0.490 e. The van der Waals surface area contributed by atoms with E-state index in [2.05, 4.69) is 18.6 Å². The molecular formula is C14H20O3. The van der Waals surface area contributed by atoms with E-state index in [-0.39, 0.29) is 18.5 Å². The molecule has 3 nitrogen and oxygen atoms in total. The second-order valence-electron chi connectivity index (χ2n) is 3.92. The Labute approximate surface area is 103 Å². The van der Waals surface area contributed by atoms with Crippen molar-refractivity contribution >= 4 is 5.97 Å². The second-order valence-corrected chi connectivity index (χ2v) is 3.92. The molecule has 0 aliphatic rings. The molecule has 0 radical (unpaired) electrons. The number of para-hydroxylation sites is 1. The van der Waals surface area contributed by atoms with Crippen LogP contribution in [0.2, 0.25) is 0 Å². The summed E-state index contributed by atoms with van der Waals surface area (Å²) in [5.74, 6) is 0.539. The Bertz CT molecular complexity index is 356. The van der Waals surface area contributed by atoms with Crippen molar-refractivity contribution in [1.29, 1.82) is 0 Å². The van der Waals surface area contributed by atoms with Crippen LogP contribution in [0, 0.1) is 0 Å². The monoisotopic (exact) mass is 236 g/mol. The quantitative estimate of drug-likeness (QED) is 0.712. The van der Waals surface area contributed by atoms with Crippen LogP contribution >= 0.6 is 0 Å². The van der Waals surface area contributed by atoms with Gasteiger partial charge in [-0.15, -0.1) is 0 Å². The molecule has 3 heteroatoms. The topological polar surface area (TPSA) is 35.5 Å². The van der Waals surface area contributed by atoms with E-state index in [1.54, 1.807) is 0 Å². The molecule has 0 unspecified atom stereocenters. The van der Waals surface area contributed by atoms with Crippen molar-refractivity contribution in [3.63, 3.8) is 0 Å². The summed E-state index contributed by atoms with van der Waals surface area (Å²) < 4.78 is 10.6. The standard InChI is InChI=1S/C14H20O3/c1-4-12(5-2)17-13-9-7-6-8-11(13)10-14(15)16-3/h6-9,12H,4-5,10H2,1-3H3. The van der Waals surface area contributed by atoms with Gasteiger partial charge in [-0.3, -0.25) is 4.79 Å². The summed E-state index contributed by atoms with van der Waals surface area (Å²) in [5, 5.41) is 0. The Morgan fingerprint density at radius 3 is 2.47 bits per heavy atom. The van der Waals surface area contributed by atoms with Gasteiger partial charge in [-0.1, -0.05) is 32.0 Å². The maximum absolute atomic E-state index is 11.3. The Hall–Kier alpha value is -1.51. The predicted molar refractivity (Wildman–Crippen MR) is 67.2 cm³/mol. The number of methoxy groups -OCH3 is 1. The van der Waals surface area contributed by atoms with Crippen LogP contribution in [0.4, 0.5) is 0 Å². The molecule has 1 aromatic rings. The normalized spacial score (nSPS) is 10.4. The highest BCUT2D eigenvalue weighted by Gasteiger charge is 2.11. The molecule has 0 spiro atoms. The van der Waals surface area contributed by atoms with E-state index in [4.69, 9.17) is 4.74 Å². The van der Waals surface area contributed by atoms with Gasteiger partial charge in [0.1, 0.15) is 5.75 Å². The first kappa shape index (κ1) is 13.6. The first-order chi connectivity index (χ1) is 8.21. The first-order valence-corrected chi connectivity index (χ1v) is 6.02. The van der Waals surface area contributed by atoms with Crippen molar-refractivity contribution in [2.75, 3.05) is 7.11 Å². The SMILES string of the molecule is CCC(CC)Oc1ccccc1CC(=O)OC. The van der Waals surface area contributed by atoms with E-state index in [9.17, 15) is 4.79 Å². The molecule has 94 valence electrons. The largest absolute Gasteiger partial charge is 0.490 e. The lowest BCUT2D eigenvalue weighted by Crippen LogP contribution is -2.15. The van der Waals surface area contributed by atoms with Gasteiger partial charge in [0.15, 0.2) is 0 Å². The Kier molecular flexibility index (Phi) is 5.53. The van der Waals surface area contributed by atoms with E-state index in [0.717, 1.165) is 24.2 Å². The fourth-order valence-electron chi connectivity index (χ4n) is 1.63. The highest BCUT2D eigenvalue weighted by molar-refractivity contribution is 5.73. The summed E-state index contributed by atoms with van der Waals surface area (Å²) in [6, 6.07) is 7.61. The average Bonchev–Trinajstić information content (AvgIpc) is 2.37. The lowest BCUT2D eigenvalue weighted by atomic mass is 10.1. The maximum Gasteiger partial charge on any atom is 0.310 e. The number of esters is 1. The lowest BCUT2D eigenvalue weighted by molar-refractivity contribution is -0.139. The molecule has 1 aromatic carbocycles. The van der Waals surface area contributed by atoms with E-state index in [0.29, 0.717) is 0 Å². The van der Waals surface area contributed by atoms with Crippen molar-refractivity contribution in [1.82, 2.24) is 0 Å². The fourth-order valence-corrected chi connectivity index (χ4v) is 1.63. The van der Waals surface area contributed by atoms with Crippen molar-refractivity contribution in [2.45, 2.75) is 39.2 Å². The minimum absolute atomic E-state index is 0.203. The highest BCUT2D eigenvalue weighted by Crippen LogP contribution is 2.21. The van der Waals surface area contributed by atoms with Crippen LogP contribution in [0.15, 0.2) is 24.3 Å². The number of rotatable bonds is 6. The summed E-state index contributed by atoms with van der Waals surface area (Å²) >= 11 is 0. The maximum atomic E-state index is 11.3. The third-order valence-corrected chi connectivity index (χ3v) is 2.74. The number of hydrogen-bond donors (Lipinski definition) is 0. The van der Waals surface area contributed by atoms with E-state index >= 15 is 0 Å². The Balaban J connectivity index is 2.80. The van der Waals surface area contributed by atoms with Gasteiger partial charge in [0.25, 0.3) is 0 Å². The van der Waals surface area contributed by atoms with Crippen LogP contribution in [0.25, 0.3) is 0 Å². The van der Waals surface area contributed by atoms with E-state index in [1.807, 2.05) is 24.3 Å². The third kappa shape index (κ3) is 4.10. The number of ether oxygens (including phenoxy) is 2. The Morgan fingerprint density at radius 1 is 1.24 bits per heavy atom. The minimum atomic E-state index is -0.245. The summed E-state index contributed by atoms with van der Waals surface area (Å²) in [7, 11) is 1.40. The molecule has 0 N–H and O–H groups in total. The molecular weight excluding hydrogens is 216 g/mol. The molecule has 0 saturated heterocycles. The summed E-state index contributed by atoms with van der Waals surface area (Å²) in [4.78, 5) is 11.3. The van der Waals surface area contributed by atoms with Gasteiger partial charge in [0, 0.05) is 5.56 Å². The molecule has 17 heavy (non-hydrogen) atoms. The summed E-state index contributed by atoms with van der Waals surface area (Å²) in [6.07, 6.45) is 2.38. The van der Waals surface area contributed by atoms with Gasteiger partial charge in [0.05, 0.1) is 19.6 Å². The molecule has 0 aliphatic heterocycles. The number of hydrogen-bond acceptors (Lipinski definition) is 3. The smallest absolute Gasteiger partial charge is 0.310 e. The van der Waals surface area contributed by atoms with Crippen LogP contribution in [0.5, 0.6) is 5.75 Å². The molecule has 1 rings (SSSR count). The van der Waals surface area contributed by atoms with Gasteiger partial charge in [-0.05, 0) is 18.9 Å². The third-order valence-electron chi connectivity index (χ3n) is 2.74. The van der Waals surface area contributed by atoms with Crippen LogP contribution in [-0.2, 0) is 16.0 Å². The number of benzene rings is 1. The van der Waals surface area contributed by atoms with Gasteiger partial charge >= 0.3 is 5.97 Å². The highest BCUT2D eigenvalue weighted by atomic mass is 16.5. The van der Waals surface area contributed by atoms with Gasteiger partial charge in [-0.2, -0.15) is 0 Å². The van der Waals surface area contributed by atoms with Crippen molar-refractivity contribution < 1.29 is 14.3 Å². The van der Waals surface area contributed by atoms with E-state index in [1.165, 1.54) is 7.11 Å². The van der Waals surface area contributed by atoms with Crippen molar-refractivity contribution in [3.05, 3.63) is 29.8 Å². The molecule has 0 aliphatic carbocycles. The fraction of sp³-hybridized carbons (Fsp3) is 0.500. The van der Waals surface area contributed by atoms with E-state index < -0.39 is 0 Å². The van der Waals surface area contributed by atoms with Gasteiger partial charge in [-0.25, -0.2) is 0 Å². The molecule has 0 heterocycles. The van der Waals surface area contributed by atoms with Gasteiger partial charge in [0.2, 0.25) is 0 Å². The molecule has 0 aromatic heterocycles. The predicted octanol–water partition coefficient (Wildman–Crippen LogP) is 2.97. The zero-order valence-corrected chi connectivity index (χ0v) is 10.7. The van der Waals surface area contributed by atoms with Crippen molar-refractivity contribution in [3.8, 4) is 5.75 Å². The average molecular weight is 236 g/mol. The van der Waals surface area contributed by atoms with Crippen LogP contribution in [0.1, 0.15) is 32.3 Å². The van der Waals surface area contributed by atoms with Crippen LogP contribution < -0.4 is 4.74 Å². The second kappa shape index (κ2) is 6.94.